The van der Waals surface area contributed by atoms with E-state index in [2.05, 4.69) is 17.0 Å². The third kappa shape index (κ3) is 3.04. The zero-order valence-corrected chi connectivity index (χ0v) is 16.7. The fraction of sp³-hybridized carbons (Fsp3) is 0.150. The average molecular weight is 427 g/mol. The highest BCUT2D eigenvalue weighted by Gasteiger charge is 2.36. The highest BCUT2D eigenvalue weighted by atomic mass is 35.5. The Hall–Kier alpha value is -2.97. The van der Waals surface area contributed by atoms with Crippen LogP contribution in [0.1, 0.15) is 11.7 Å². The summed E-state index contributed by atoms with van der Waals surface area (Å²) < 4.78 is 10.9. The number of amidine groups is 1. The highest BCUT2D eigenvalue weighted by Crippen LogP contribution is 2.42. The number of amides is 1. The molecule has 3 heterocycles. The number of halogens is 1. The van der Waals surface area contributed by atoms with E-state index >= 15 is 0 Å². The molecule has 29 heavy (non-hydrogen) atoms. The van der Waals surface area contributed by atoms with Crippen LogP contribution < -0.4 is 25.4 Å². The number of benzene rings is 2. The van der Waals surface area contributed by atoms with Crippen molar-refractivity contribution in [2.45, 2.75) is 6.17 Å². The summed E-state index contributed by atoms with van der Waals surface area (Å²) in [5.74, 6) is 1.55. The summed E-state index contributed by atoms with van der Waals surface area (Å²) in [6, 6.07) is 11.0. The standard InChI is InChI=1S/C20H15ClN4O3S/c1-2-7-29-20-23-19(26)17-11-5-3-4-6-14(11)22-18(25(17)24-20)12-8-15-16(9-13(12)21)28-10-27-15/h2-6,8-9,18H,1,7,10H2,(H,23,24,26)/t18-/m0/s1. The van der Waals surface area contributed by atoms with Gasteiger partial charge in [0, 0.05) is 22.6 Å². The minimum atomic E-state index is -0.618. The molecule has 0 aliphatic carbocycles. The SMILES string of the molecule is C=CCSC1=NN2C(=c3ccccc3=N[C@@H]2c2cc3c(cc2Cl)OCO3)C(=O)N1. The Morgan fingerprint density at radius 1 is 1.31 bits per heavy atom. The van der Waals surface area contributed by atoms with Crippen LogP contribution in [0.5, 0.6) is 11.5 Å². The van der Waals surface area contributed by atoms with Crippen LogP contribution in [0.15, 0.2) is 59.1 Å². The molecule has 7 nitrogen and oxygen atoms in total. The smallest absolute Gasteiger partial charge is 0.276 e. The van der Waals surface area contributed by atoms with Gasteiger partial charge in [-0.25, -0.2) is 5.01 Å². The molecule has 2 aromatic carbocycles. The van der Waals surface area contributed by atoms with E-state index in [0.717, 1.165) is 5.22 Å². The fourth-order valence-corrected chi connectivity index (χ4v) is 4.20. The van der Waals surface area contributed by atoms with Crippen LogP contribution >= 0.6 is 23.4 Å². The van der Waals surface area contributed by atoms with Crippen LogP contribution in [-0.4, -0.2) is 28.6 Å². The van der Waals surface area contributed by atoms with Gasteiger partial charge in [0.2, 0.25) is 6.79 Å². The Balaban J connectivity index is 1.71. The van der Waals surface area contributed by atoms with Crippen molar-refractivity contribution in [1.29, 1.82) is 0 Å². The summed E-state index contributed by atoms with van der Waals surface area (Å²) in [4.78, 5) is 17.8. The topological polar surface area (TPSA) is 75.5 Å². The first-order chi connectivity index (χ1) is 14.2. The lowest BCUT2D eigenvalue weighted by atomic mass is 10.1. The number of hydrogen-bond donors (Lipinski definition) is 1. The molecular formula is C20H15ClN4O3S. The summed E-state index contributed by atoms with van der Waals surface area (Å²) in [5.41, 5.74) is 1.10. The summed E-state index contributed by atoms with van der Waals surface area (Å²) in [5, 5.41) is 11.5. The van der Waals surface area contributed by atoms with E-state index in [9.17, 15) is 4.79 Å². The molecule has 1 N–H and O–H groups in total. The van der Waals surface area contributed by atoms with Crippen LogP contribution in [0.3, 0.4) is 0 Å². The monoisotopic (exact) mass is 426 g/mol. The maximum Gasteiger partial charge on any atom is 0.276 e. The molecule has 0 saturated heterocycles. The van der Waals surface area contributed by atoms with Gasteiger partial charge in [0.05, 0.1) is 10.4 Å². The molecule has 0 aromatic heterocycles. The number of nitrogens with one attached hydrogen (secondary N) is 1. The number of rotatable bonds is 3. The summed E-state index contributed by atoms with van der Waals surface area (Å²) in [6.45, 7) is 3.86. The number of para-hydroxylation sites is 1. The van der Waals surface area contributed by atoms with Crippen LogP contribution in [0, 0.1) is 0 Å². The van der Waals surface area contributed by atoms with Crippen LogP contribution in [0.4, 0.5) is 0 Å². The first kappa shape index (κ1) is 18.1. The third-order valence-corrected chi connectivity index (χ3v) is 5.81. The fourth-order valence-electron chi connectivity index (χ4n) is 3.36. The van der Waals surface area contributed by atoms with Gasteiger partial charge in [-0.1, -0.05) is 47.6 Å². The van der Waals surface area contributed by atoms with Crippen molar-refractivity contribution >= 4 is 40.1 Å². The lowest BCUT2D eigenvalue weighted by Crippen LogP contribution is -2.50. The van der Waals surface area contributed by atoms with Crippen LogP contribution in [0.2, 0.25) is 5.02 Å². The zero-order chi connectivity index (χ0) is 20.0. The molecule has 0 saturated carbocycles. The molecule has 0 radical (unpaired) electrons. The molecule has 146 valence electrons. The van der Waals surface area contributed by atoms with Crippen molar-refractivity contribution in [3.05, 3.63) is 70.2 Å². The van der Waals surface area contributed by atoms with Crippen LogP contribution in [0.25, 0.3) is 5.70 Å². The second-order valence-electron chi connectivity index (χ2n) is 6.40. The van der Waals surface area contributed by atoms with E-state index < -0.39 is 6.17 Å². The third-order valence-electron chi connectivity index (χ3n) is 4.62. The number of ether oxygens (including phenoxy) is 2. The number of nitrogens with zero attached hydrogens (tertiary/aromatic N) is 3. The second kappa shape index (κ2) is 7.13. The predicted molar refractivity (Wildman–Crippen MR) is 111 cm³/mol. The number of carbonyl (C=O) groups excluding carboxylic acids is 1. The number of carbonyl (C=O) groups is 1. The first-order valence-electron chi connectivity index (χ1n) is 8.85. The maximum absolute atomic E-state index is 13.0. The molecular weight excluding hydrogens is 412 g/mol. The Labute approximate surface area is 175 Å². The highest BCUT2D eigenvalue weighted by molar-refractivity contribution is 8.14. The van der Waals surface area contributed by atoms with E-state index in [-0.39, 0.29) is 12.7 Å². The molecule has 2 aromatic rings. The van der Waals surface area contributed by atoms with Crippen molar-refractivity contribution < 1.29 is 14.3 Å². The van der Waals surface area contributed by atoms with Gasteiger partial charge in [-0.2, -0.15) is 0 Å². The summed E-state index contributed by atoms with van der Waals surface area (Å²) >= 11 is 7.94. The normalized spacial score (nSPS) is 19.0. The van der Waals surface area contributed by atoms with Crippen molar-refractivity contribution in [2.75, 3.05) is 12.5 Å². The molecule has 5 rings (SSSR count). The van der Waals surface area contributed by atoms with Gasteiger partial charge in [-0.15, -0.1) is 11.7 Å². The largest absolute Gasteiger partial charge is 0.454 e. The van der Waals surface area contributed by atoms with E-state index in [0.29, 0.717) is 44.1 Å². The molecule has 9 heteroatoms. The molecule has 0 fully saturated rings. The lowest BCUT2D eigenvalue weighted by Gasteiger charge is -2.34. The summed E-state index contributed by atoms with van der Waals surface area (Å²) in [6.07, 6.45) is 1.13. The second-order valence-corrected chi connectivity index (χ2v) is 7.81. The van der Waals surface area contributed by atoms with E-state index in [1.807, 2.05) is 24.3 Å². The number of thioether (sulfide) groups is 1. The van der Waals surface area contributed by atoms with E-state index in [1.54, 1.807) is 23.2 Å². The van der Waals surface area contributed by atoms with Gasteiger partial charge in [-0.05, 0) is 12.1 Å². The summed E-state index contributed by atoms with van der Waals surface area (Å²) in [7, 11) is 0. The van der Waals surface area contributed by atoms with Gasteiger partial charge in [0.25, 0.3) is 5.91 Å². The average Bonchev–Trinajstić information content (AvgIpc) is 3.18. The Morgan fingerprint density at radius 2 is 2.10 bits per heavy atom. The number of hydrazone groups is 1. The van der Waals surface area contributed by atoms with Gasteiger partial charge < -0.3 is 9.47 Å². The molecule has 3 aliphatic heterocycles. The van der Waals surface area contributed by atoms with Gasteiger partial charge in [0.1, 0.15) is 5.70 Å². The first-order valence-corrected chi connectivity index (χ1v) is 10.2. The molecule has 3 aliphatic rings. The van der Waals surface area contributed by atoms with Crippen molar-refractivity contribution in [1.82, 2.24) is 10.3 Å². The van der Waals surface area contributed by atoms with Crippen molar-refractivity contribution in [2.24, 2.45) is 10.1 Å². The Morgan fingerprint density at radius 3 is 2.93 bits per heavy atom. The minimum Gasteiger partial charge on any atom is -0.454 e. The predicted octanol–water partition coefficient (Wildman–Crippen LogP) is 2.13. The zero-order valence-electron chi connectivity index (χ0n) is 15.1. The molecule has 0 spiro atoms. The molecule has 0 bridgehead atoms. The van der Waals surface area contributed by atoms with Crippen LogP contribution in [-0.2, 0) is 4.79 Å². The quantitative estimate of drug-likeness (QED) is 0.761. The Bertz CT molecular complexity index is 1200. The maximum atomic E-state index is 13.0. The molecule has 0 unspecified atom stereocenters. The Kier molecular flexibility index (Phi) is 4.44. The van der Waals surface area contributed by atoms with Gasteiger partial charge in [0.15, 0.2) is 22.8 Å². The molecule has 1 atom stereocenters. The minimum absolute atomic E-state index is 0.143. The van der Waals surface area contributed by atoms with E-state index in [1.165, 1.54) is 11.8 Å². The van der Waals surface area contributed by atoms with Crippen molar-refractivity contribution in [3.63, 3.8) is 0 Å². The van der Waals surface area contributed by atoms with Crippen molar-refractivity contribution in [3.8, 4) is 11.5 Å². The lowest BCUT2D eigenvalue weighted by molar-refractivity contribution is -0.116. The number of hydrogen-bond acceptors (Lipinski definition) is 7. The molecule has 1 amide bonds. The number of fused-ring (bicyclic) bond motifs is 3. The van der Waals surface area contributed by atoms with Gasteiger partial charge in [-0.3, -0.25) is 15.1 Å². The van der Waals surface area contributed by atoms with E-state index in [4.69, 9.17) is 26.1 Å². The van der Waals surface area contributed by atoms with Gasteiger partial charge >= 0.3 is 0 Å².